The Kier molecular flexibility index (Phi) is 7.78. The lowest BCUT2D eigenvalue weighted by Gasteiger charge is -2.31. The number of aliphatic hydroxyl groups is 1. The number of carbonyl (C=O) groups is 1. The normalized spacial score (nSPS) is 17.3. The van der Waals surface area contributed by atoms with Crippen molar-refractivity contribution >= 4 is 39.2 Å². The third-order valence-electron chi connectivity index (χ3n) is 9.73. The number of nitrogens with two attached hydrogens (primary N) is 1. The van der Waals surface area contributed by atoms with E-state index < -0.39 is 18.0 Å². The average molecular weight is 650 g/mol. The third-order valence-corrected chi connectivity index (χ3v) is 9.73. The monoisotopic (exact) mass is 649 g/mol. The Labute approximate surface area is 275 Å². The van der Waals surface area contributed by atoms with Crippen LogP contribution in [0, 0.1) is 5.82 Å². The highest BCUT2D eigenvalue weighted by atomic mass is 19.1. The van der Waals surface area contributed by atoms with E-state index in [4.69, 9.17) is 10.5 Å². The summed E-state index contributed by atoms with van der Waals surface area (Å²) in [6.07, 6.45) is 6.42. The topological polar surface area (TPSA) is 143 Å². The van der Waals surface area contributed by atoms with E-state index in [1.165, 1.54) is 10.6 Å². The summed E-state index contributed by atoms with van der Waals surface area (Å²) >= 11 is 0. The Morgan fingerprint density at radius 2 is 1.94 bits per heavy atom. The van der Waals surface area contributed by atoms with Crippen LogP contribution in [0.25, 0.3) is 44.3 Å². The van der Waals surface area contributed by atoms with E-state index in [1.807, 2.05) is 23.1 Å². The molecule has 48 heavy (non-hydrogen) atoms. The minimum Gasteiger partial charge on any atom is -0.392 e. The number of nitrogens with one attached hydrogen (secondary N) is 1. The summed E-state index contributed by atoms with van der Waals surface area (Å²) in [4.78, 5) is 43.1. The van der Waals surface area contributed by atoms with Gasteiger partial charge in [0.25, 0.3) is 5.56 Å². The van der Waals surface area contributed by atoms with E-state index in [0.717, 1.165) is 42.8 Å². The molecule has 5 heterocycles. The van der Waals surface area contributed by atoms with Gasteiger partial charge < -0.3 is 25.5 Å². The molecule has 0 spiro atoms. The van der Waals surface area contributed by atoms with Gasteiger partial charge in [0.05, 0.1) is 43.1 Å². The molecule has 4 N–H and O–H groups in total. The largest absolute Gasteiger partial charge is 0.392 e. The van der Waals surface area contributed by atoms with Gasteiger partial charge in [0.2, 0.25) is 11.9 Å². The van der Waals surface area contributed by atoms with Gasteiger partial charge in [0, 0.05) is 54.6 Å². The summed E-state index contributed by atoms with van der Waals surface area (Å²) in [5.41, 5.74) is 11.0. The molecule has 0 unspecified atom stereocenters. The number of hydrogen-bond donors (Lipinski definition) is 3. The number of halogens is 1. The highest BCUT2D eigenvalue weighted by Crippen LogP contribution is 2.41. The number of carbonyl (C=O) groups excluding carboxylic acids is 1. The quantitative estimate of drug-likeness (QED) is 0.241. The van der Waals surface area contributed by atoms with Crippen molar-refractivity contribution in [3.8, 4) is 16.9 Å². The molecule has 1 amide bonds. The van der Waals surface area contributed by atoms with Crippen molar-refractivity contribution in [2.75, 3.05) is 51.7 Å². The number of benzene rings is 2. The van der Waals surface area contributed by atoms with Crippen molar-refractivity contribution in [3.05, 3.63) is 87.7 Å². The van der Waals surface area contributed by atoms with Crippen molar-refractivity contribution in [1.82, 2.24) is 29.3 Å². The number of ether oxygens (including phenoxy) is 1. The third kappa shape index (κ3) is 5.55. The molecule has 1 saturated heterocycles. The number of nitrogens with zero attached hydrogens (tertiary/aromatic N) is 5. The summed E-state index contributed by atoms with van der Waals surface area (Å²) in [6.45, 7) is 3.94. The molecule has 5 aromatic rings. The smallest absolute Gasteiger partial charge is 0.265 e. The number of pyridine rings is 1. The van der Waals surface area contributed by atoms with E-state index in [1.54, 1.807) is 24.4 Å². The molecular weight excluding hydrogens is 613 g/mol. The number of morpholine rings is 1. The Hall–Kier alpha value is -4.91. The summed E-state index contributed by atoms with van der Waals surface area (Å²) < 4.78 is 22.1. The van der Waals surface area contributed by atoms with Crippen LogP contribution in [0.15, 0.2) is 59.5 Å². The van der Waals surface area contributed by atoms with Crippen LogP contribution in [-0.4, -0.2) is 86.3 Å². The van der Waals surface area contributed by atoms with Crippen molar-refractivity contribution < 1.29 is 19.0 Å². The molecule has 246 valence electrons. The fraction of sp³-hybridized carbons (Fsp3) is 0.333. The molecule has 3 aliphatic rings. The Balaban J connectivity index is 1.13. The molecular formula is C36H36FN7O4. The number of aromatic amines is 1. The van der Waals surface area contributed by atoms with Crippen LogP contribution in [-0.2, 0) is 16.1 Å². The zero-order valence-electron chi connectivity index (χ0n) is 26.4. The van der Waals surface area contributed by atoms with E-state index in [0.29, 0.717) is 84.1 Å². The number of amides is 1. The number of nitrogen functional groups attached to an aromatic ring is 1. The molecule has 2 aromatic carbocycles. The minimum atomic E-state index is -0.540. The second-order valence-electron chi connectivity index (χ2n) is 12.8. The first kappa shape index (κ1) is 30.4. The molecule has 2 fully saturated rings. The lowest BCUT2D eigenvalue weighted by molar-refractivity contribution is -0.133. The summed E-state index contributed by atoms with van der Waals surface area (Å²) in [6, 6.07) is 12.4. The van der Waals surface area contributed by atoms with E-state index in [2.05, 4.69) is 25.9 Å². The molecule has 1 saturated carbocycles. The number of aromatic nitrogens is 4. The molecule has 2 aliphatic heterocycles. The molecule has 0 atom stereocenters. The van der Waals surface area contributed by atoms with Gasteiger partial charge in [-0.15, -0.1) is 0 Å². The molecule has 3 aromatic heterocycles. The van der Waals surface area contributed by atoms with Crippen molar-refractivity contribution in [1.29, 1.82) is 0 Å². The summed E-state index contributed by atoms with van der Waals surface area (Å²) in [5.74, 6) is -0.0253. The zero-order chi connectivity index (χ0) is 32.9. The number of anilines is 1. The first-order chi connectivity index (χ1) is 23.4. The Morgan fingerprint density at radius 3 is 2.69 bits per heavy atom. The van der Waals surface area contributed by atoms with Gasteiger partial charge in [-0.1, -0.05) is 24.3 Å². The molecule has 0 radical (unpaired) electrons. The van der Waals surface area contributed by atoms with E-state index in [-0.39, 0.29) is 17.2 Å². The van der Waals surface area contributed by atoms with Crippen LogP contribution < -0.4 is 11.3 Å². The van der Waals surface area contributed by atoms with E-state index in [9.17, 15) is 14.7 Å². The predicted molar refractivity (Wildman–Crippen MR) is 181 cm³/mol. The van der Waals surface area contributed by atoms with Crippen LogP contribution in [0.4, 0.5) is 10.3 Å². The standard InChI is InChI=1S/C36H36FN7O4/c37-28-17-24(21-4-5-21)16-23-8-11-44(35(47)32(23)28)30-3-1-2-25(27(30)20-45)33-26-18-29(39-34(26)41-36(38)40-33)22-6-9-43(10-7-22)31(46)19-42-12-14-48-15-13-42/h1-3,6,8,11,16-18,21,45H,4-5,7,9-10,12-15,19-20H2,(H3,38,39,40,41). The van der Waals surface area contributed by atoms with Crippen molar-refractivity contribution in [2.45, 2.75) is 31.8 Å². The van der Waals surface area contributed by atoms with Gasteiger partial charge >= 0.3 is 0 Å². The van der Waals surface area contributed by atoms with Crippen LogP contribution >= 0.6 is 0 Å². The van der Waals surface area contributed by atoms with Gasteiger partial charge in [-0.3, -0.25) is 19.1 Å². The number of aliphatic hydroxyl groups excluding tert-OH is 1. The maximum absolute atomic E-state index is 15.3. The highest BCUT2D eigenvalue weighted by Gasteiger charge is 2.26. The van der Waals surface area contributed by atoms with Gasteiger partial charge in [-0.25, -0.2) is 9.37 Å². The maximum Gasteiger partial charge on any atom is 0.265 e. The lowest BCUT2D eigenvalue weighted by atomic mass is 9.99. The Morgan fingerprint density at radius 1 is 1.10 bits per heavy atom. The SMILES string of the molecule is Nc1nc(-c2cccc(-n3ccc4cc(C5CC5)cc(F)c4c3=O)c2CO)c2cc(C3=CCN(C(=O)CN4CCOCC4)CC3)[nH]c2n1. The minimum absolute atomic E-state index is 0.0160. The Bertz CT molecular complexity index is 2160. The molecule has 0 bridgehead atoms. The number of rotatable bonds is 7. The van der Waals surface area contributed by atoms with Gasteiger partial charge in [0.15, 0.2) is 0 Å². The van der Waals surface area contributed by atoms with Crippen LogP contribution in [0.1, 0.15) is 42.0 Å². The van der Waals surface area contributed by atoms with Crippen LogP contribution in [0.5, 0.6) is 0 Å². The lowest BCUT2D eigenvalue weighted by Crippen LogP contribution is -2.45. The zero-order valence-corrected chi connectivity index (χ0v) is 26.4. The van der Waals surface area contributed by atoms with Crippen molar-refractivity contribution in [3.63, 3.8) is 0 Å². The summed E-state index contributed by atoms with van der Waals surface area (Å²) in [7, 11) is 0. The fourth-order valence-corrected chi connectivity index (χ4v) is 6.98. The van der Waals surface area contributed by atoms with Gasteiger partial charge in [-0.05, 0) is 66.0 Å². The molecule has 1 aliphatic carbocycles. The fourth-order valence-electron chi connectivity index (χ4n) is 6.98. The first-order valence-electron chi connectivity index (χ1n) is 16.4. The number of hydrogen-bond acceptors (Lipinski definition) is 8. The van der Waals surface area contributed by atoms with Crippen molar-refractivity contribution in [2.24, 2.45) is 0 Å². The summed E-state index contributed by atoms with van der Waals surface area (Å²) in [5, 5.41) is 12.0. The average Bonchev–Trinajstić information content (AvgIpc) is 3.87. The highest BCUT2D eigenvalue weighted by molar-refractivity contribution is 5.95. The van der Waals surface area contributed by atoms with Crippen LogP contribution in [0.2, 0.25) is 0 Å². The molecule has 11 nitrogen and oxygen atoms in total. The van der Waals surface area contributed by atoms with Gasteiger partial charge in [0.1, 0.15) is 11.5 Å². The predicted octanol–water partition coefficient (Wildman–Crippen LogP) is 3.97. The number of H-pyrrole nitrogens is 1. The van der Waals surface area contributed by atoms with Crippen LogP contribution in [0.3, 0.4) is 0 Å². The second-order valence-corrected chi connectivity index (χ2v) is 12.8. The number of fused-ring (bicyclic) bond motifs is 2. The maximum atomic E-state index is 15.3. The van der Waals surface area contributed by atoms with E-state index >= 15 is 4.39 Å². The second kappa shape index (κ2) is 12.3. The first-order valence-corrected chi connectivity index (χ1v) is 16.4. The molecule has 8 rings (SSSR count). The van der Waals surface area contributed by atoms with Gasteiger partial charge in [-0.2, -0.15) is 4.98 Å². The molecule has 12 heteroatoms.